The fourth-order valence-electron chi connectivity index (χ4n) is 3.98. The molecule has 7 nitrogen and oxygen atoms in total. The number of nitrogens with one attached hydrogen (secondary N) is 3. The first-order chi connectivity index (χ1) is 20.7. The summed E-state index contributed by atoms with van der Waals surface area (Å²) in [4.78, 5) is 40.2. The topological polar surface area (TPSA) is 96.5 Å². The van der Waals surface area contributed by atoms with E-state index in [9.17, 15) is 14.4 Å². The van der Waals surface area contributed by atoms with Gasteiger partial charge in [-0.1, -0.05) is 66.5 Å². The highest BCUT2D eigenvalue weighted by Crippen LogP contribution is 2.31. The number of ether oxygens (including phenoxy) is 1. The fraction of sp³-hybridized carbons (Fsp3) is 0.121. The second kappa shape index (κ2) is 15.3. The van der Waals surface area contributed by atoms with Crippen molar-refractivity contribution >= 4 is 70.1 Å². The van der Waals surface area contributed by atoms with E-state index in [1.165, 1.54) is 11.8 Å². The molecule has 0 aliphatic rings. The van der Waals surface area contributed by atoms with Gasteiger partial charge in [-0.05, 0) is 78.7 Å². The summed E-state index contributed by atoms with van der Waals surface area (Å²) < 4.78 is 5.30. The van der Waals surface area contributed by atoms with Crippen molar-refractivity contribution in [3.05, 3.63) is 124 Å². The highest BCUT2D eigenvalue weighted by molar-refractivity contribution is 8.00. The number of thioether (sulfide) groups is 1. The number of rotatable bonds is 11. The average Bonchev–Trinajstić information content (AvgIpc) is 3.02. The van der Waals surface area contributed by atoms with Crippen molar-refractivity contribution in [1.82, 2.24) is 5.32 Å². The molecule has 0 fully saturated rings. The van der Waals surface area contributed by atoms with Crippen LogP contribution in [0.1, 0.15) is 29.3 Å². The Bertz CT molecular complexity index is 1650. The molecule has 4 aromatic carbocycles. The van der Waals surface area contributed by atoms with Gasteiger partial charge in [0.15, 0.2) is 0 Å². The molecule has 220 valence electrons. The van der Waals surface area contributed by atoms with E-state index in [1.54, 1.807) is 104 Å². The first-order valence-corrected chi connectivity index (χ1v) is 15.0. The monoisotopic (exact) mass is 633 g/mol. The summed E-state index contributed by atoms with van der Waals surface area (Å²) in [6.07, 6.45) is 2.12. The number of carbonyl (C=O) groups is 3. The van der Waals surface area contributed by atoms with Gasteiger partial charge in [-0.15, -0.1) is 11.8 Å². The molecule has 1 atom stereocenters. The second-order valence-electron chi connectivity index (χ2n) is 9.26. The SMILES string of the molecule is CCC(Sc1cccc(NC(=O)/C(=C/c2cccc(OC)c2)NC(=O)c2ccccc2)c1)C(=O)Nc1cc(Cl)ccc1Cl. The Morgan fingerprint density at radius 2 is 1.65 bits per heavy atom. The van der Waals surface area contributed by atoms with Gasteiger partial charge in [0, 0.05) is 21.2 Å². The minimum absolute atomic E-state index is 0.0457. The number of hydrogen-bond acceptors (Lipinski definition) is 5. The maximum atomic E-state index is 13.5. The van der Waals surface area contributed by atoms with Gasteiger partial charge >= 0.3 is 0 Å². The number of carbonyl (C=O) groups excluding carboxylic acids is 3. The first kappa shape index (κ1) is 31.7. The van der Waals surface area contributed by atoms with Crippen molar-refractivity contribution in [2.75, 3.05) is 17.7 Å². The van der Waals surface area contributed by atoms with Crippen LogP contribution in [0.5, 0.6) is 5.75 Å². The van der Waals surface area contributed by atoms with Crippen LogP contribution in [-0.4, -0.2) is 30.1 Å². The molecule has 0 bridgehead atoms. The predicted molar refractivity (Wildman–Crippen MR) is 175 cm³/mol. The van der Waals surface area contributed by atoms with Gasteiger partial charge in [-0.25, -0.2) is 0 Å². The zero-order valence-electron chi connectivity index (χ0n) is 23.4. The van der Waals surface area contributed by atoms with E-state index in [4.69, 9.17) is 27.9 Å². The van der Waals surface area contributed by atoms with Gasteiger partial charge in [0.05, 0.1) is 23.1 Å². The maximum absolute atomic E-state index is 13.5. The summed E-state index contributed by atoms with van der Waals surface area (Å²) in [5.41, 5.74) is 2.05. The number of methoxy groups -OCH3 is 1. The van der Waals surface area contributed by atoms with E-state index < -0.39 is 17.1 Å². The van der Waals surface area contributed by atoms with Crippen molar-refractivity contribution in [2.45, 2.75) is 23.5 Å². The summed E-state index contributed by atoms with van der Waals surface area (Å²) in [5, 5.41) is 8.85. The number of halogens is 2. The number of benzene rings is 4. The van der Waals surface area contributed by atoms with Gasteiger partial charge in [-0.3, -0.25) is 14.4 Å². The van der Waals surface area contributed by atoms with Crippen molar-refractivity contribution in [3.63, 3.8) is 0 Å². The van der Waals surface area contributed by atoms with Crippen molar-refractivity contribution in [3.8, 4) is 5.75 Å². The summed E-state index contributed by atoms with van der Waals surface area (Å²) in [6, 6.07) is 27.8. The molecule has 4 aromatic rings. The van der Waals surface area contributed by atoms with E-state index in [-0.39, 0.29) is 11.6 Å². The molecule has 0 spiro atoms. The molecule has 0 aliphatic heterocycles. The molecular formula is C33H29Cl2N3O4S. The summed E-state index contributed by atoms with van der Waals surface area (Å²) in [7, 11) is 1.55. The molecule has 3 N–H and O–H groups in total. The number of anilines is 2. The van der Waals surface area contributed by atoms with Crippen LogP contribution in [0, 0.1) is 0 Å². The maximum Gasteiger partial charge on any atom is 0.272 e. The lowest BCUT2D eigenvalue weighted by Gasteiger charge is -2.16. The molecule has 0 heterocycles. The Morgan fingerprint density at radius 1 is 0.884 bits per heavy atom. The molecule has 10 heteroatoms. The molecule has 43 heavy (non-hydrogen) atoms. The van der Waals surface area contributed by atoms with Crippen LogP contribution in [0.25, 0.3) is 6.08 Å². The van der Waals surface area contributed by atoms with Crippen molar-refractivity contribution in [1.29, 1.82) is 0 Å². The average molecular weight is 635 g/mol. The molecular weight excluding hydrogens is 605 g/mol. The first-order valence-electron chi connectivity index (χ1n) is 13.3. The largest absolute Gasteiger partial charge is 0.497 e. The highest BCUT2D eigenvalue weighted by atomic mass is 35.5. The Morgan fingerprint density at radius 3 is 2.40 bits per heavy atom. The second-order valence-corrected chi connectivity index (χ2v) is 11.4. The van der Waals surface area contributed by atoms with Crippen molar-refractivity contribution < 1.29 is 19.1 Å². The highest BCUT2D eigenvalue weighted by Gasteiger charge is 2.20. The van der Waals surface area contributed by atoms with Gasteiger partial charge in [0.25, 0.3) is 11.8 Å². The Labute approximate surface area is 264 Å². The summed E-state index contributed by atoms with van der Waals surface area (Å²) in [5.74, 6) is -0.557. The lowest BCUT2D eigenvalue weighted by molar-refractivity contribution is -0.116. The molecule has 0 radical (unpaired) electrons. The minimum Gasteiger partial charge on any atom is -0.497 e. The van der Waals surface area contributed by atoms with E-state index >= 15 is 0 Å². The quantitative estimate of drug-likeness (QED) is 0.115. The van der Waals surface area contributed by atoms with Crippen LogP contribution in [0.3, 0.4) is 0 Å². The third-order valence-electron chi connectivity index (χ3n) is 6.15. The van der Waals surface area contributed by atoms with Crippen LogP contribution in [-0.2, 0) is 9.59 Å². The van der Waals surface area contributed by atoms with Crippen LogP contribution in [0.2, 0.25) is 10.0 Å². The van der Waals surface area contributed by atoms with Crippen LogP contribution < -0.4 is 20.7 Å². The minimum atomic E-state index is -0.519. The molecule has 0 aromatic heterocycles. The van der Waals surface area contributed by atoms with Crippen LogP contribution >= 0.6 is 35.0 Å². The van der Waals surface area contributed by atoms with Gasteiger partial charge in [0.1, 0.15) is 11.4 Å². The molecule has 4 rings (SSSR count). The zero-order chi connectivity index (χ0) is 30.8. The van der Waals surface area contributed by atoms with E-state index in [0.29, 0.717) is 44.7 Å². The van der Waals surface area contributed by atoms with Gasteiger partial charge < -0.3 is 20.7 Å². The summed E-state index contributed by atoms with van der Waals surface area (Å²) >= 11 is 13.6. The third-order valence-corrected chi connectivity index (χ3v) is 8.08. The zero-order valence-corrected chi connectivity index (χ0v) is 25.7. The van der Waals surface area contributed by atoms with Gasteiger partial charge in [-0.2, -0.15) is 0 Å². The molecule has 0 aliphatic carbocycles. The summed E-state index contributed by atoms with van der Waals surface area (Å²) in [6.45, 7) is 1.91. The lowest BCUT2D eigenvalue weighted by atomic mass is 10.1. The van der Waals surface area contributed by atoms with Crippen LogP contribution in [0.15, 0.2) is 108 Å². The Hall–Kier alpha value is -4.24. The number of hydrogen-bond donors (Lipinski definition) is 3. The van der Waals surface area contributed by atoms with Crippen LogP contribution in [0.4, 0.5) is 11.4 Å². The Kier molecular flexibility index (Phi) is 11.3. The lowest BCUT2D eigenvalue weighted by Crippen LogP contribution is -2.30. The standard InChI is InChI=1S/C33H29Cl2N3O4S/c1-3-30(33(41)37-28-19-23(34)15-16-27(28)35)43-26-14-8-12-24(20-26)36-32(40)29(18-21-9-7-13-25(17-21)42-2)38-31(39)22-10-5-4-6-11-22/h4-20,30H,3H2,1-2H3,(H,36,40)(H,37,41)(H,38,39)/b29-18-. The Balaban J connectivity index is 1.52. The molecule has 1 unspecified atom stereocenters. The number of amides is 3. The van der Waals surface area contributed by atoms with Gasteiger partial charge in [0.2, 0.25) is 5.91 Å². The van der Waals surface area contributed by atoms with Crippen molar-refractivity contribution in [2.24, 2.45) is 0 Å². The van der Waals surface area contributed by atoms with E-state index in [2.05, 4.69) is 16.0 Å². The third kappa shape index (κ3) is 9.12. The predicted octanol–water partition coefficient (Wildman–Crippen LogP) is 7.92. The van der Waals surface area contributed by atoms with E-state index in [1.807, 2.05) is 13.0 Å². The molecule has 3 amide bonds. The molecule has 0 saturated carbocycles. The normalized spacial score (nSPS) is 11.8. The fourth-order valence-corrected chi connectivity index (χ4v) is 5.33. The molecule has 0 saturated heterocycles. The van der Waals surface area contributed by atoms with E-state index in [0.717, 1.165) is 4.90 Å². The smallest absolute Gasteiger partial charge is 0.272 e.